The number of nitrogens with zero attached hydrogens (tertiary/aromatic N) is 4. The smallest absolute Gasteiger partial charge is 0.273 e. The normalized spacial score (nSPS) is 11.8. The molecule has 0 aliphatic rings. The first kappa shape index (κ1) is 10.4. The molecule has 0 fully saturated rings. The number of tetrazole rings is 1. The summed E-state index contributed by atoms with van der Waals surface area (Å²) in [5, 5.41) is 10.5. The quantitative estimate of drug-likeness (QED) is 0.418. The van der Waals surface area contributed by atoms with Crippen molar-refractivity contribution in [1.82, 2.24) is 24.9 Å². The minimum atomic E-state index is -4.15. The number of aromatic nitrogens is 4. The van der Waals surface area contributed by atoms with Gasteiger partial charge in [-0.05, 0) is 10.4 Å². The van der Waals surface area contributed by atoms with Crippen LogP contribution in [0, 0.1) is 0 Å². The minimum Gasteiger partial charge on any atom is -0.273 e. The van der Waals surface area contributed by atoms with Crippen LogP contribution in [0.15, 0.2) is 5.16 Å². The Morgan fingerprint density at radius 2 is 2.31 bits per heavy atom. The molecule has 0 bridgehead atoms. The van der Waals surface area contributed by atoms with Gasteiger partial charge in [-0.2, -0.15) is 13.1 Å². The fraction of sp³-hybridized carbons (Fsp3) is 0.667. The average molecular weight is 225 g/mol. The summed E-state index contributed by atoms with van der Waals surface area (Å²) in [6.07, 6.45) is 0. The molecule has 1 heterocycles. The van der Waals surface area contributed by atoms with Gasteiger partial charge in [-0.15, -0.1) is 17.7 Å². The molecule has 0 amide bonds. The van der Waals surface area contributed by atoms with Crippen LogP contribution in [0.1, 0.15) is 0 Å². The molecule has 1 rings (SSSR count). The average Bonchev–Trinajstić information content (AvgIpc) is 2.34. The van der Waals surface area contributed by atoms with Crippen molar-refractivity contribution < 1.29 is 13.0 Å². The van der Waals surface area contributed by atoms with E-state index >= 15 is 0 Å². The first-order chi connectivity index (χ1) is 5.99. The maximum absolute atomic E-state index is 10.2. The van der Waals surface area contributed by atoms with Crippen LogP contribution >= 0.6 is 12.6 Å². The summed E-state index contributed by atoms with van der Waals surface area (Å²) < 4.78 is 31.9. The number of rotatable bonds is 4. The van der Waals surface area contributed by atoms with Gasteiger partial charge in [0, 0.05) is 6.54 Å². The predicted molar refractivity (Wildman–Crippen MR) is 44.6 cm³/mol. The molecule has 0 saturated heterocycles. The van der Waals surface area contributed by atoms with Crippen molar-refractivity contribution in [3.05, 3.63) is 0 Å². The fourth-order valence-electron chi connectivity index (χ4n) is 0.625. The Kier molecular flexibility index (Phi) is 3.19. The van der Waals surface area contributed by atoms with Gasteiger partial charge in [-0.1, -0.05) is 0 Å². The summed E-state index contributed by atoms with van der Waals surface area (Å²) in [4.78, 5) is 0. The second-order valence-electron chi connectivity index (χ2n) is 2.07. The van der Waals surface area contributed by atoms with Crippen molar-refractivity contribution in [3.8, 4) is 0 Å². The Morgan fingerprint density at radius 3 is 2.77 bits per heavy atom. The zero-order valence-corrected chi connectivity index (χ0v) is 8.03. The van der Waals surface area contributed by atoms with Crippen molar-refractivity contribution >= 4 is 22.9 Å². The molecule has 0 atom stereocenters. The lowest BCUT2D eigenvalue weighted by Gasteiger charge is -2.00. The molecule has 0 saturated carbocycles. The fourth-order valence-corrected chi connectivity index (χ4v) is 1.15. The zero-order valence-electron chi connectivity index (χ0n) is 6.32. The Bertz CT molecular complexity index is 372. The second-order valence-corrected chi connectivity index (χ2v) is 3.71. The second kappa shape index (κ2) is 4.00. The largest absolute Gasteiger partial charge is 0.333 e. The summed E-state index contributed by atoms with van der Waals surface area (Å²) in [7, 11) is -4.15. The van der Waals surface area contributed by atoms with Crippen molar-refractivity contribution in [2.24, 2.45) is 0 Å². The molecule has 13 heavy (non-hydrogen) atoms. The molecule has 2 N–H and O–H groups in total. The van der Waals surface area contributed by atoms with E-state index in [1.165, 1.54) is 4.68 Å². The van der Waals surface area contributed by atoms with Crippen molar-refractivity contribution in [2.75, 3.05) is 6.54 Å². The highest BCUT2D eigenvalue weighted by atomic mass is 32.2. The molecule has 8 nitrogen and oxygen atoms in total. The summed E-state index contributed by atoms with van der Waals surface area (Å²) in [6, 6.07) is 0. The van der Waals surface area contributed by atoms with Gasteiger partial charge in [0.15, 0.2) is 0 Å². The molecule has 1 aromatic heterocycles. The van der Waals surface area contributed by atoms with Gasteiger partial charge in [-0.3, -0.25) is 4.55 Å². The number of thiol groups is 1. The SMILES string of the molecule is O=S(=O)(O)NCCn1nnnc1S. The third-order valence-electron chi connectivity index (χ3n) is 1.12. The standard InChI is InChI=1S/C3H7N5O3S2/c9-13(10,11)4-1-2-8-3(12)5-6-7-8/h4H,1-2H2,(H,5,7,12)(H,9,10,11). The molecule has 0 aliphatic carbocycles. The van der Waals surface area contributed by atoms with E-state index in [2.05, 4.69) is 28.2 Å². The Hall–Kier alpha value is -0.710. The molecule has 1 aromatic rings. The lowest BCUT2D eigenvalue weighted by Crippen LogP contribution is -2.26. The summed E-state index contributed by atoms with van der Waals surface area (Å²) in [6.45, 7) is 0.197. The van der Waals surface area contributed by atoms with Crippen LogP contribution in [-0.4, -0.2) is 39.7 Å². The monoisotopic (exact) mass is 225 g/mol. The van der Waals surface area contributed by atoms with Crippen LogP contribution < -0.4 is 4.72 Å². The van der Waals surface area contributed by atoms with Crippen LogP contribution in [0.5, 0.6) is 0 Å². The van der Waals surface area contributed by atoms with Crippen molar-refractivity contribution in [3.63, 3.8) is 0 Å². The van der Waals surface area contributed by atoms with E-state index < -0.39 is 10.3 Å². The van der Waals surface area contributed by atoms with Crippen LogP contribution in [0.3, 0.4) is 0 Å². The van der Waals surface area contributed by atoms with E-state index in [4.69, 9.17) is 4.55 Å². The van der Waals surface area contributed by atoms with E-state index in [-0.39, 0.29) is 18.2 Å². The topological polar surface area (TPSA) is 110 Å². The summed E-state index contributed by atoms with van der Waals surface area (Å²) in [5.74, 6) is 0. The van der Waals surface area contributed by atoms with Gasteiger partial charge in [0.1, 0.15) is 0 Å². The van der Waals surface area contributed by atoms with Crippen molar-refractivity contribution in [2.45, 2.75) is 11.7 Å². The molecule has 0 unspecified atom stereocenters. The van der Waals surface area contributed by atoms with E-state index in [9.17, 15) is 8.42 Å². The first-order valence-corrected chi connectivity index (χ1v) is 5.05. The molecular weight excluding hydrogens is 218 g/mol. The third-order valence-corrected chi connectivity index (χ3v) is 2.01. The van der Waals surface area contributed by atoms with Gasteiger partial charge in [0.05, 0.1) is 6.54 Å². The highest BCUT2D eigenvalue weighted by Gasteiger charge is 2.04. The molecule has 0 radical (unpaired) electrons. The zero-order chi connectivity index (χ0) is 9.90. The summed E-state index contributed by atoms with van der Waals surface area (Å²) in [5.41, 5.74) is 0. The van der Waals surface area contributed by atoms with Crippen molar-refractivity contribution in [1.29, 1.82) is 0 Å². The van der Waals surface area contributed by atoms with Crippen LogP contribution in [-0.2, 0) is 16.8 Å². The molecule has 10 heteroatoms. The van der Waals surface area contributed by atoms with Gasteiger partial charge in [-0.25, -0.2) is 4.68 Å². The highest BCUT2D eigenvalue weighted by molar-refractivity contribution is 7.83. The maximum atomic E-state index is 10.2. The molecule has 0 aromatic carbocycles. The van der Waals surface area contributed by atoms with Gasteiger partial charge >= 0.3 is 10.3 Å². The lowest BCUT2D eigenvalue weighted by molar-refractivity contribution is 0.458. The Labute approximate surface area is 79.6 Å². The van der Waals surface area contributed by atoms with Gasteiger partial charge in [0.2, 0.25) is 5.16 Å². The Balaban J connectivity index is 2.41. The van der Waals surface area contributed by atoms with E-state index in [0.29, 0.717) is 0 Å². The van der Waals surface area contributed by atoms with Crippen LogP contribution in [0.4, 0.5) is 0 Å². The molecular formula is C3H7N5O3S2. The maximum Gasteiger partial charge on any atom is 0.333 e. The van der Waals surface area contributed by atoms with Crippen LogP contribution in [0.2, 0.25) is 0 Å². The Morgan fingerprint density at radius 1 is 1.62 bits per heavy atom. The molecule has 0 spiro atoms. The van der Waals surface area contributed by atoms with E-state index in [1.54, 1.807) is 0 Å². The minimum absolute atomic E-state index is 0.00255. The molecule has 0 aliphatic heterocycles. The van der Waals surface area contributed by atoms with Gasteiger partial charge < -0.3 is 0 Å². The number of hydrogen-bond donors (Lipinski definition) is 3. The highest BCUT2D eigenvalue weighted by Crippen LogP contribution is 1.95. The first-order valence-electron chi connectivity index (χ1n) is 3.16. The predicted octanol–water partition coefficient (Wildman–Crippen LogP) is -1.65. The van der Waals surface area contributed by atoms with Gasteiger partial charge in [0.25, 0.3) is 0 Å². The van der Waals surface area contributed by atoms with E-state index in [1.807, 2.05) is 4.72 Å². The van der Waals surface area contributed by atoms with Crippen LogP contribution in [0.25, 0.3) is 0 Å². The molecule has 74 valence electrons. The van der Waals surface area contributed by atoms with E-state index in [0.717, 1.165) is 0 Å². The number of hydrogen-bond acceptors (Lipinski definition) is 6. The third kappa shape index (κ3) is 3.67. The number of nitrogens with one attached hydrogen (secondary N) is 1. The summed E-state index contributed by atoms with van der Waals surface area (Å²) >= 11 is 3.88. The lowest BCUT2D eigenvalue weighted by atomic mass is 10.7.